The maximum absolute atomic E-state index is 10.6. The van der Waals surface area contributed by atoms with Crippen LogP contribution in [-0.4, -0.2) is 17.7 Å². The summed E-state index contributed by atoms with van der Waals surface area (Å²) in [6.07, 6.45) is 0.701. The van der Waals surface area contributed by atoms with E-state index in [4.69, 9.17) is 5.21 Å². The second-order valence-corrected chi connectivity index (χ2v) is 2.02. The van der Waals surface area contributed by atoms with Gasteiger partial charge in [0.25, 0.3) is 0 Å². The Balaban J connectivity index is 2.32. The van der Waals surface area contributed by atoms with Gasteiger partial charge in [-0.25, -0.2) is 5.48 Å². The van der Waals surface area contributed by atoms with Crippen molar-refractivity contribution in [2.45, 2.75) is 6.42 Å². The molecule has 0 aliphatic carbocycles. The summed E-state index contributed by atoms with van der Waals surface area (Å²) in [5.41, 5.74) is 1.61. The van der Waals surface area contributed by atoms with Crippen molar-refractivity contribution < 1.29 is 10.0 Å². The maximum atomic E-state index is 10.6. The highest BCUT2D eigenvalue weighted by Gasteiger charge is 2.21. The lowest BCUT2D eigenvalue weighted by Gasteiger charge is -2.02. The lowest BCUT2D eigenvalue weighted by Crippen LogP contribution is -2.29. The van der Waals surface area contributed by atoms with Gasteiger partial charge in [0.2, 0.25) is 5.91 Å². The largest absolute Gasteiger partial charge is 0.312 e. The van der Waals surface area contributed by atoms with Crippen LogP contribution in [0.25, 0.3) is 0 Å². The van der Waals surface area contributed by atoms with Crippen LogP contribution in [0.2, 0.25) is 0 Å². The number of amides is 1. The third-order valence-electron chi connectivity index (χ3n) is 1.39. The van der Waals surface area contributed by atoms with Crippen LogP contribution in [0.5, 0.6) is 0 Å². The van der Waals surface area contributed by atoms with Crippen LogP contribution in [0.1, 0.15) is 6.42 Å². The number of carbonyl (C=O) groups excluding carboxylic acids is 1. The van der Waals surface area contributed by atoms with Gasteiger partial charge in [0.15, 0.2) is 0 Å². The molecule has 4 heteroatoms. The first kappa shape index (κ1) is 6.51. The van der Waals surface area contributed by atoms with Gasteiger partial charge in [-0.2, -0.15) is 0 Å². The third kappa shape index (κ3) is 1.40. The monoisotopic (exact) mass is 129 g/mol. The standard InChI is InChI=1S/C5H9N2O2/c8-5(7-9)4-1-2-6-3-4/h2,4,6,9H,1,3H2,(H,7,8). The molecule has 0 saturated carbocycles. The molecular weight excluding hydrogens is 120 g/mol. The van der Waals surface area contributed by atoms with E-state index in [9.17, 15) is 4.79 Å². The molecule has 4 nitrogen and oxygen atoms in total. The van der Waals surface area contributed by atoms with E-state index >= 15 is 0 Å². The second-order valence-electron chi connectivity index (χ2n) is 2.02. The van der Waals surface area contributed by atoms with Gasteiger partial charge in [-0.15, -0.1) is 0 Å². The van der Waals surface area contributed by atoms with E-state index in [1.165, 1.54) is 0 Å². The Morgan fingerprint density at radius 3 is 3.11 bits per heavy atom. The predicted octanol–water partition coefficient (Wildman–Crippen LogP) is -0.737. The molecule has 1 heterocycles. The van der Waals surface area contributed by atoms with E-state index in [1.807, 2.05) is 6.54 Å². The molecule has 0 spiro atoms. The number of nitrogens with one attached hydrogen (secondary N) is 2. The summed E-state index contributed by atoms with van der Waals surface area (Å²) in [6, 6.07) is 0. The smallest absolute Gasteiger partial charge is 0.247 e. The van der Waals surface area contributed by atoms with Crippen molar-refractivity contribution in [2.75, 3.05) is 6.54 Å². The third-order valence-corrected chi connectivity index (χ3v) is 1.39. The van der Waals surface area contributed by atoms with Crippen LogP contribution in [-0.2, 0) is 4.79 Å². The molecular formula is C5H9N2O2. The fourth-order valence-electron chi connectivity index (χ4n) is 0.826. The molecule has 0 aromatic heterocycles. The van der Waals surface area contributed by atoms with E-state index in [-0.39, 0.29) is 11.8 Å². The topological polar surface area (TPSA) is 61.4 Å². The Labute approximate surface area is 53.2 Å². The molecule has 3 N–H and O–H groups in total. The zero-order valence-electron chi connectivity index (χ0n) is 4.92. The van der Waals surface area contributed by atoms with E-state index < -0.39 is 0 Å². The first-order valence-electron chi connectivity index (χ1n) is 2.83. The molecule has 9 heavy (non-hydrogen) atoms. The molecule has 1 amide bonds. The van der Waals surface area contributed by atoms with Crippen LogP contribution in [0.15, 0.2) is 0 Å². The summed E-state index contributed by atoms with van der Waals surface area (Å²) < 4.78 is 0. The van der Waals surface area contributed by atoms with E-state index in [1.54, 1.807) is 5.48 Å². The molecule has 0 aromatic carbocycles. The average Bonchev–Trinajstić information content (AvgIpc) is 2.37. The summed E-state index contributed by atoms with van der Waals surface area (Å²) in [5.74, 6) is -0.397. The van der Waals surface area contributed by atoms with Gasteiger partial charge in [-0.1, -0.05) is 0 Å². The summed E-state index contributed by atoms with van der Waals surface area (Å²) in [6.45, 7) is 2.45. The SMILES string of the molecule is O=C(NO)C1C[CH]NC1. The van der Waals surface area contributed by atoms with E-state index in [2.05, 4.69) is 5.32 Å². The van der Waals surface area contributed by atoms with Crippen molar-refractivity contribution in [3.8, 4) is 0 Å². The molecule has 1 unspecified atom stereocenters. The van der Waals surface area contributed by atoms with Gasteiger partial charge in [0, 0.05) is 13.1 Å². The van der Waals surface area contributed by atoms with Crippen molar-refractivity contribution in [1.29, 1.82) is 0 Å². The Morgan fingerprint density at radius 1 is 1.89 bits per heavy atom. The van der Waals surface area contributed by atoms with Gasteiger partial charge < -0.3 is 5.32 Å². The normalized spacial score (nSPS) is 26.1. The minimum atomic E-state index is -0.309. The van der Waals surface area contributed by atoms with Gasteiger partial charge in [-0.05, 0) is 6.42 Å². The lowest BCUT2D eigenvalue weighted by atomic mass is 10.1. The minimum absolute atomic E-state index is 0.0880. The van der Waals surface area contributed by atoms with Crippen molar-refractivity contribution in [3.63, 3.8) is 0 Å². The number of hydrogen-bond donors (Lipinski definition) is 3. The van der Waals surface area contributed by atoms with Crippen LogP contribution < -0.4 is 10.8 Å². The minimum Gasteiger partial charge on any atom is -0.312 e. The lowest BCUT2D eigenvalue weighted by molar-refractivity contribution is -0.132. The van der Waals surface area contributed by atoms with Crippen LogP contribution >= 0.6 is 0 Å². The first-order chi connectivity index (χ1) is 4.34. The van der Waals surface area contributed by atoms with Crippen molar-refractivity contribution in [1.82, 2.24) is 10.8 Å². The van der Waals surface area contributed by atoms with E-state index in [0.717, 1.165) is 0 Å². The highest BCUT2D eigenvalue weighted by Crippen LogP contribution is 2.09. The fourth-order valence-corrected chi connectivity index (χ4v) is 0.826. The Hall–Kier alpha value is -0.610. The van der Waals surface area contributed by atoms with Gasteiger partial charge >= 0.3 is 0 Å². The number of rotatable bonds is 1. The summed E-state index contributed by atoms with van der Waals surface area (Å²) in [4.78, 5) is 10.6. The zero-order valence-corrected chi connectivity index (χ0v) is 4.92. The highest BCUT2D eigenvalue weighted by atomic mass is 16.5. The van der Waals surface area contributed by atoms with Gasteiger partial charge in [0.05, 0.1) is 5.92 Å². The molecule has 1 fully saturated rings. The highest BCUT2D eigenvalue weighted by molar-refractivity contribution is 5.78. The molecule has 1 atom stereocenters. The summed E-state index contributed by atoms with van der Waals surface area (Å²) >= 11 is 0. The van der Waals surface area contributed by atoms with Crippen molar-refractivity contribution in [2.24, 2.45) is 5.92 Å². The van der Waals surface area contributed by atoms with Crippen LogP contribution in [0.3, 0.4) is 0 Å². The maximum Gasteiger partial charge on any atom is 0.247 e. The number of hydroxylamine groups is 1. The van der Waals surface area contributed by atoms with Gasteiger partial charge in [0.1, 0.15) is 0 Å². The molecule has 1 saturated heterocycles. The van der Waals surface area contributed by atoms with Crippen LogP contribution in [0, 0.1) is 12.5 Å². The van der Waals surface area contributed by atoms with Gasteiger partial charge in [-0.3, -0.25) is 10.0 Å². The molecule has 0 aromatic rings. The van der Waals surface area contributed by atoms with Crippen molar-refractivity contribution >= 4 is 5.91 Å². The first-order valence-corrected chi connectivity index (χ1v) is 2.83. The van der Waals surface area contributed by atoms with Crippen molar-refractivity contribution in [3.05, 3.63) is 6.54 Å². The Morgan fingerprint density at radius 2 is 2.67 bits per heavy atom. The second kappa shape index (κ2) is 2.80. The van der Waals surface area contributed by atoms with Crippen LogP contribution in [0.4, 0.5) is 0 Å². The molecule has 1 aliphatic rings. The molecule has 1 aliphatic heterocycles. The Bertz CT molecular complexity index is 110. The molecule has 1 radical (unpaired) electrons. The Kier molecular flexibility index (Phi) is 2.02. The number of hydrogen-bond acceptors (Lipinski definition) is 3. The average molecular weight is 129 g/mol. The zero-order chi connectivity index (χ0) is 6.69. The molecule has 0 bridgehead atoms. The fraction of sp³-hybridized carbons (Fsp3) is 0.600. The summed E-state index contributed by atoms with van der Waals surface area (Å²) in [7, 11) is 0. The quantitative estimate of drug-likeness (QED) is 0.323. The number of carbonyl (C=O) groups is 1. The predicted molar refractivity (Wildman–Crippen MR) is 30.3 cm³/mol. The molecule has 51 valence electrons. The summed E-state index contributed by atoms with van der Waals surface area (Å²) in [5, 5.41) is 11.0. The van der Waals surface area contributed by atoms with E-state index in [0.29, 0.717) is 13.0 Å². The molecule has 1 rings (SSSR count).